The molecule has 3 rings (SSSR count). The minimum absolute atomic E-state index is 0.128. The highest BCUT2D eigenvalue weighted by molar-refractivity contribution is 5.96. The summed E-state index contributed by atoms with van der Waals surface area (Å²) in [5.74, 6) is 0.934. The standard InChI is InChI=1S/C18H19NO2/c1-14-13-15-7-5-6-10-17(15)19(14)18(20)11-12-21-16-8-3-2-4-9-16/h2-10,14H,11-13H2,1H3. The highest BCUT2D eigenvalue weighted by Crippen LogP contribution is 2.32. The van der Waals surface area contributed by atoms with Gasteiger partial charge in [0.05, 0.1) is 13.0 Å². The molecule has 108 valence electrons. The van der Waals surface area contributed by atoms with Crippen LogP contribution in [0.3, 0.4) is 0 Å². The third kappa shape index (κ3) is 2.92. The molecule has 1 aliphatic heterocycles. The van der Waals surface area contributed by atoms with Gasteiger partial charge in [-0.3, -0.25) is 4.79 Å². The van der Waals surface area contributed by atoms with Crippen LogP contribution >= 0.6 is 0 Å². The van der Waals surface area contributed by atoms with E-state index >= 15 is 0 Å². The predicted molar refractivity (Wildman–Crippen MR) is 83.6 cm³/mol. The molecule has 0 radical (unpaired) electrons. The molecule has 0 fully saturated rings. The molecule has 0 saturated heterocycles. The summed E-state index contributed by atoms with van der Waals surface area (Å²) in [6.07, 6.45) is 1.33. The summed E-state index contributed by atoms with van der Waals surface area (Å²) in [5, 5.41) is 0. The van der Waals surface area contributed by atoms with Crippen LogP contribution in [0.25, 0.3) is 0 Å². The fourth-order valence-corrected chi connectivity index (χ4v) is 2.84. The minimum Gasteiger partial charge on any atom is -0.493 e. The molecule has 0 aromatic heterocycles. The highest BCUT2D eigenvalue weighted by Gasteiger charge is 2.29. The molecule has 1 heterocycles. The fraction of sp³-hybridized carbons (Fsp3) is 0.278. The first kappa shape index (κ1) is 13.7. The van der Waals surface area contributed by atoms with Crippen LogP contribution in [0.2, 0.25) is 0 Å². The van der Waals surface area contributed by atoms with Gasteiger partial charge in [-0.1, -0.05) is 36.4 Å². The number of para-hydroxylation sites is 2. The largest absolute Gasteiger partial charge is 0.493 e. The van der Waals surface area contributed by atoms with Gasteiger partial charge in [0.15, 0.2) is 0 Å². The zero-order valence-corrected chi connectivity index (χ0v) is 12.2. The molecule has 0 saturated carbocycles. The fourth-order valence-electron chi connectivity index (χ4n) is 2.84. The molecule has 0 spiro atoms. The van der Waals surface area contributed by atoms with Crippen molar-refractivity contribution in [2.45, 2.75) is 25.8 Å². The van der Waals surface area contributed by atoms with Gasteiger partial charge in [0.25, 0.3) is 0 Å². The molecule has 1 atom stereocenters. The predicted octanol–water partition coefficient (Wildman–Crippen LogP) is 3.43. The molecule has 2 aromatic carbocycles. The minimum atomic E-state index is 0.128. The highest BCUT2D eigenvalue weighted by atomic mass is 16.5. The lowest BCUT2D eigenvalue weighted by molar-refractivity contribution is -0.119. The van der Waals surface area contributed by atoms with Crippen LogP contribution in [0.4, 0.5) is 5.69 Å². The number of nitrogens with zero attached hydrogens (tertiary/aromatic N) is 1. The summed E-state index contributed by atoms with van der Waals surface area (Å²) in [6.45, 7) is 2.50. The maximum absolute atomic E-state index is 12.5. The van der Waals surface area contributed by atoms with Crippen molar-refractivity contribution in [1.82, 2.24) is 0 Å². The molecule has 3 heteroatoms. The average Bonchev–Trinajstić information content (AvgIpc) is 2.84. The van der Waals surface area contributed by atoms with Gasteiger partial charge in [-0.25, -0.2) is 0 Å². The van der Waals surface area contributed by atoms with Crippen molar-refractivity contribution in [2.75, 3.05) is 11.5 Å². The zero-order valence-electron chi connectivity index (χ0n) is 12.2. The van der Waals surface area contributed by atoms with Gasteiger partial charge >= 0.3 is 0 Å². The van der Waals surface area contributed by atoms with Gasteiger partial charge in [0.2, 0.25) is 5.91 Å². The van der Waals surface area contributed by atoms with Crippen molar-refractivity contribution >= 4 is 11.6 Å². The van der Waals surface area contributed by atoms with Crippen LogP contribution in [0, 0.1) is 0 Å². The van der Waals surface area contributed by atoms with E-state index in [0.717, 1.165) is 17.9 Å². The molecule has 2 aromatic rings. The smallest absolute Gasteiger partial charge is 0.230 e. The van der Waals surface area contributed by atoms with Gasteiger partial charge in [-0.2, -0.15) is 0 Å². The molecule has 1 unspecified atom stereocenters. The van der Waals surface area contributed by atoms with E-state index in [-0.39, 0.29) is 11.9 Å². The Morgan fingerprint density at radius 1 is 1.14 bits per heavy atom. The number of fused-ring (bicyclic) bond motifs is 1. The van der Waals surface area contributed by atoms with E-state index in [2.05, 4.69) is 13.0 Å². The Labute approximate surface area is 125 Å². The number of carbonyl (C=O) groups is 1. The lowest BCUT2D eigenvalue weighted by Gasteiger charge is -2.22. The van der Waals surface area contributed by atoms with E-state index < -0.39 is 0 Å². The third-order valence-electron chi connectivity index (χ3n) is 3.80. The zero-order chi connectivity index (χ0) is 14.7. The quantitative estimate of drug-likeness (QED) is 0.859. The van der Waals surface area contributed by atoms with Crippen LogP contribution in [0.1, 0.15) is 18.9 Å². The van der Waals surface area contributed by atoms with E-state index in [9.17, 15) is 4.79 Å². The second-order valence-electron chi connectivity index (χ2n) is 5.36. The summed E-state index contributed by atoms with van der Waals surface area (Å²) in [5.41, 5.74) is 2.30. The second-order valence-corrected chi connectivity index (χ2v) is 5.36. The molecular formula is C18H19NO2. The van der Waals surface area contributed by atoms with Crippen LogP contribution in [-0.2, 0) is 11.2 Å². The first-order valence-corrected chi connectivity index (χ1v) is 7.33. The summed E-state index contributed by atoms with van der Waals surface area (Å²) in [6, 6.07) is 18.0. The van der Waals surface area contributed by atoms with Gasteiger partial charge < -0.3 is 9.64 Å². The molecular weight excluding hydrogens is 262 g/mol. The topological polar surface area (TPSA) is 29.5 Å². The summed E-state index contributed by atoms with van der Waals surface area (Å²) in [7, 11) is 0. The molecule has 1 aliphatic rings. The van der Waals surface area contributed by atoms with E-state index in [1.807, 2.05) is 53.4 Å². The first-order valence-electron chi connectivity index (χ1n) is 7.33. The van der Waals surface area contributed by atoms with E-state index in [1.54, 1.807) is 0 Å². The third-order valence-corrected chi connectivity index (χ3v) is 3.80. The SMILES string of the molecule is CC1Cc2ccccc2N1C(=O)CCOc1ccccc1. The summed E-state index contributed by atoms with van der Waals surface area (Å²) in [4.78, 5) is 14.4. The number of anilines is 1. The monoisotopic (exact) mass is 281 g/mol. The van der Waals surface area contributed by atoms with Crippen molar-refractivity contribution in [3.63, 3.8) is 0 Å². The maximum Gasteiger partial charge on any atom is 0.230 e. The number of carbonyl (C=O) groups excluding carboxylic acids is 1. The molecule has 0 bridgehead atoms. The van der Waals surface area contributed by atoms with Crippen molar-refractivity contribution in [2.24, 2.45) is 0 Å². The number of hydrogen-bond acceptors (Lipinski definition) is 2. The van der Waals surface area contributed by atoms with Gasteiger partial charge in [-0.05, 0) is 37.1 Å². The molecule has 3 nitrogen and oxygen atoms in total. The molecule has 21 heavy (non-hydrogen) atoms. The van der Waals surface area contributed by atoms with Crippen LogP contribution in [0.5, 0.6) is 5.75 Å². The lowest BCUT2D eigenvalue weighted by atomic mass is 10.1. The number of ether oxygens (including phenoxy) is 1. The Bertz CT molecular complexity index is 624. The van der Waals surface area contributed by atoms with E-state index in [1.165, 1.54) is 5.56 Å². The Balaban J connectivity index is 1.61. The number of hydrogen-bond donors (Lipinski definition) is 0. The van der Waals surface area contributed by atoms with Crippen LogP contribution in [-0.4, -0.2) is 18.6 Å². The Kier molecular flexibility index (Phi) is 3.91. The molecule has 1 amide bonds. The van der Waals surface area contributed by atoms with Crippen molar-refractivity contribution < 1.29 is 9.53 Å². The average molecular weight is 281 g/mol. The number of amides is 1. The lowest BCUT2D eigenvalue weighted by Crippen LogP contribution is -2.36. The summed E-state index contributed by atoms with van der Waals surface area (Å²) >= 11 is 0. The van der Waals surface area contributed by atoms with E-state index in [4.69, 9.17) is 4.74 Å². The maximum atomic E-state index is 12.5. The first-order chi connectivity index (χ1) is 10.3. The van der Waals surface area contributed by atoms with Crippen molar-refractivity contribution in [1.29, 1.82) is 0 Å². The Morgan fingerprint density at radius 3 is 2.67 bits per heavy atom. The van der Waals surface area contributed by atoms with E-state index in [0.29, 0.717) is 13.0 Å². The van der Waals surface area contributed by atoms with Crippen molar-refractivity contribution in [3.8, 4) is 5.75 Å². The Hall–Kier alpha value is -2.29. The van der Waals surface area contributed by atoms with Crippen LogP contribution in [0.15, 0.2) is 54.6 Å². The van der Waals surface area contributed by atoms with Crippen molar-refractivity contribution in [3.05, 3.63) is 60.2 Å². The molecule has 0 N–H and O–H groups in total. The van der Waals surface area contributed by atoms with Gasteiger partial charge in [-0.15, -0.1) is 0 Å². The summed E-state index contributed by atoms with van der Waals surface area (Å²) < 4.78 is 5.61. The normalized spacial score (nSPS) is 16.6. The Morgan fingerprint density at radius 2 is 1.86 bits per heavy atom. The molecule has 0 aliphatic carbocycles. The number of rotatable bonds is 4. The van der Waals surface area contributed by atoms with Crippen LogP contribution < -0.4 is 9.64 Å². The van der Waals surface area contributed by atoms with Gasteiger partial charge in [0, 0.05) is 11.7 Å². The second kappa shape index (κ2) is 6.00. The number of benzene rings is 2. The van der Waals surface area contributed by atoms with Gasteiger partial charge in [0.1, 0.15) is 5.75 Å².